The van der Waals surface area contributed by atoms with E-state index in [4.69, 9.17) is 21.4 Å². The Labute approximate surface area is 118 Å². The molecule has 0 saturated heterocycles. The largest absolute Gasteiger partial charge is 0.495 e. The Kier molecular flexibility index (Phi) is 6.45. The molecule has 1 aromatic carbocycles. The van der Waals surface area contributed by atoms with Crippen molar-refractivity contribution >= 4 is 23.3 Å². The maximum Gasteiger partial charge on any atom is 0.322 e. The molecule has 1 aromatic rings. The number of aliphatic hydroxyl groups is 1. The molecule has 0 heterocycles. The van der Waals surface area contributed by atoms with Crippen LogP contribution in [0.4, 0.5) is 10.5 Å². The minimum Gasteiger partial charge on any atom is -0.495 e. The lowest BCUT2D eigenvalue weighted by Gasteiger charge is -2.22. The molecule has 0 unspecified atom stereocenters. The monoisotopic (exact) mass is 286 g/mol. The molecule has 0 atom stereocenters. The van der Waals surface area contributed by atoms with E-state index in [0.717, 1.165) is 6.42 Å². The summed E-state index contributed by atoms with van der Waals surface area (Å²) in [5.41, 5.74) is 0.513. The quantitative estimate of drug-likeness (QED) is 0.845. The number of halogens is 1. The summed E-state index contributed by atoms with van der Waals surface area (Å²) < 4.78 is 5.16. The van der Waals surface area contributed by atoms with Crippen LogP contribution in [-0.4, -0.2) is 42.8 Å². The van der Waals surface area contributed by atoms with Gasteiger partial charge in [-0.3, -0.25) is 0 Å². The van der Waals surface area contributed by atoms with Gasteiger partial charge in [-0.05, 0) is 24.6 Å². The van der Waals surface area contributed by atoms with E-state index in [2.05, 4.69) is 5.32 Å². The number of carbonyl (C=O) groups excluding carboxylic acids is 1. The zero-order valence-corrected chi connectivity index (χ0v) is 11.9. The van der Waals surface area contributed by atoms with Crippen molar-refractivity contribution in [1.82, 2.24) is 4.90 Å². The molecule has 106 valence electrons. The molecular weight excluding hydrogens is 268 g/mol. The van der Waals surface area contributed by atoms with Crippen LogP contribution in [0.1, 0.15) is 13.3 Å². The van der Waals surface area contributed by atoms with Gasteiger partial charge in [-0.15, -0.1) is 0 Å². The Hall–Kier alpha value is -1.46. The number of methoxy groups -OCH3 is 1. The molecule has 0 aliphatic heterocycles. The first-order chi connectivity index (χ1) is 9.12. The summed E-state index contributed by atoms with van der Waals surface area (Å²) in [6, 6.07) is 4.72. The highest BCUT2D eigenvalue weighted by Crippen LogP contribution is 2.27. The van der Waals surface area contributed by atoms with Gasteiger partial charge in [0.15, 0.2) is 0 Å². The van der Waals surface area contributed by atoms with Crippen molar-refractivity contribution < 1.29 is 14.6 Å². The van der Waals surface area contributed by atoms with E-state index in [0.29, 0.717) is 29.5 Å². The van der Waals surface area contributed by atoms with Crippen LogP contribution in [-0.2, 0) is 0 Å². The third-order valence-corrected chi connectivity index (χ3v) is 2.79. The van der Waals surface area contributed by atoms with E-state index in [-0.39, 0.29) is 12.6 Å². The summed E-state index contributed by atoms with van der Waals surface area (Å²) in [4.78, 5) is 13.6. The highest BCUT2D eigenvalue weighted by Gasteiger charge is 2.14. The second-order valence-corrected chi connectivity index (χ2v) is 4.42. The van der Waals surface area contributed by atoms with Crippen LogP contribution >= 0.6 is 11.6 Å². The zero-order chi connectivity index (χ0) is 14.3. The van der Waals surface area contributed by atoms with Gasteiger partial charge in [0.2, 0.25) is 0 Å². The van der Waals surface area contributed by atoms with Crippen LogP contribution < -0.4 is 10.1 Å². The van der Waals surface area contributed by atoms with E-state index in [1.54, 1.807) is 23.1 Å². The van der Waals surface area contributed by atoms with E-state index >= 15 is 0 Å². The fourth-order valence-electron chi connectivity index (χ4n) is 1.68. The summed E-state index contributed by atoms with van der Waals surface area (Å²) in [5.74, 6) is 0.540. The summed E-state index contributed by atoms with van der Waals surface area (Å²) in [6.07, 6.45) is 0.820. The molecule has 19 heavy (non-hydrogen) atoms. The first-order valence-electron chi connectivity index (χ1n) is 6.12. The fourth-order valence-corrected chi connectivity index (χ4v) is 1.85. The predicted octanol–water partition coefficient (Wildman–Crippen LogP) is 2.58. The van der Waals surface area contributed by atoms with Crippen LogP contribution in [0.2, 0.25) is 5.02 Å². The first-order valence-corrected chi connectivity index (χ1v) is 6.50. The van der Waals surface area contributed by atoms with Crippen LogP contribution in [0.5, 0.6) is 5.75 Å². The number of nitrogens with zero attached hydrogens (tertiary/aromatic N) is 1. The number of benzene rings is 1. The van der Waals surface area contributed by atoms with Gasteiger partial charge in [-0.25, -0.2) is 4.79 Å². The van der Waals surface area contributed by atoms with Gasteiger partial charge >= 0.3 is 6.03 Å². The van der Waals surface area contributed by atoms with E-state index in [1.165, 1.54) is 7.11 Å². The van der Waals surface area contributed by atoms with Crippen molar-refractivity contribution in [1.29, 1.82) is 0 Å². The number of amides is 2. The van der Waals surface area contributed by atoms with Gasteiger partial charge < -0.3 is 20.1 Å². The van der Waals surface area contributed by atoms with Gasteiger partial charge in [0.25, 0.3) is 0 Å². The van der Waals surface area contributed by atoms with Gasteiger partial charge in [0, 0.05) is 18.1 Å². The molecule has 0 bridgehead atoms. The molecule has 5 nitrogen and oxygen atoms in total. The molecule has 1 rings (SSSR count). The average Bonchev–Trinajstić information content (AvgIpc) is 2.38. The van der Waals surface area contributed by atoms with Crippen molar-refractivity contribution in [3.63, 3.8) is 0 Å². The molecule has 0 aliphatic rings. The average molecular weight is 287 g/mol. The maximum atomic E-state index is 12.1. The zero-order valence-electron chi connectivity index (χ0n) is 11.1. The normalized spacial score (nSPS) is 10.1. The molecule has 2 N–H and O–H groups in total. The molecular formula is C13H19ClN2O3. The summed E-state index contributed by atoms with van der Waals surface area (Å²) >= 11 is 5.90. The highest BCUT2D eigenvalue weighted by atomic mass is 35.5. The SMILES string of the molecule is CCCN(CCO)C(=O)Nc1cc(Cl)ccc1OC. The lowest BCUT2D eigenvalue weighted by Crippen LogP contribution is -2.37. The number of nitrogens with one attached hydrogen (secondary N) is 1. The number of rotatable bonds is 6. The van der Waals surface area contributed by atoms with Crippen molar-refractivity contribution in [2.24, 2.45) is 0 Å². The molecule has 2 amide bonds. The van der Waals surface area contributed by atoms with Gasteiger partial charge in [0.05, 0.1) is 19.4 Å². The van der Waals surface area contributed by atoms with Gasteiger partial charge in [0.1, 0.15) is 5.75 Å². The third kappa shape index (κ3) is 4.61. The van der Waals surface area contributed by atoms with Gasteiger partial charge in [-0.1, -0.05) is 18.5 Å². The van der Waals surface area contributed by atoms with Crippen LogP contribution in [0.25, 0.3) is 0 Å². The Morgan fingerprint density at radius 3 is 2.79 bits per heavy atom. The van der Waals surface area contributed by atoms with E-state index in [9.17, 15) is 4.79 Å². The van der Waals surface area contributed by atoms with Crippen LogP contribution in [0, 0.1) is 0 Å². The van der Waals surface area contributed by atoms with Crippen molar-refractivity contribution in [2.45, 2.75) is 13.3 Å². The predicted molar refractivity (Wildman–Crippen MR) is 76.0 cm³/mol. The minimum atomic E-state index is -0.281. The van der Waals surface area contributed by atoms with Crippen LogP contribution in [0.3, 0.4) is 0 Å². The van der Waals surface area contributed by atoms with Crippen molar-refractivity contribution in [3.8, 4) is 5.75 Å². The number of urea groups is 1. The molecule has 0 radical (unpaired) electrons. The lowest BCUT2D eigenvalue weighted by atomic mass is 10.3. The number of aliphatic hydroxyl groups excluding tert-OH is 1. The maximum absolute atomic E-state index is 12.1. The molecule has 0 spiro atoms. The Balaban J connectivity index is 2.82. The second kappa shape index (κ2) is 7.86. The Morgan fingerprint density at radius 1 is 1.47 bits per heavy atom. The summed E-state index contributed by atoms with van der Waals surface area (Å²) in [6.45, 7) is 2.77. The Bertz CT molecular complexity index is 420. The van der Waals surface area contributed by atoms with Gasteiger partial charge in [-0.2, -0.15) is 0 Å². The van der Waals surface area contributed by atoms with E-state index < -0.39 is 0 Å². The van der Waals surface area contributed by atoms with Crippen LogP contribution in [0.15, 0.2) is 18.2 Å². The van der Waals surface area contributed by atoms with Crippen molar-refractivity contribution in [2.75, 3.05) is 32.1 Å². The fraction of sp³-hybridized carbons (Fsp3) is 0.462. The highest BCUT2D eigenvalue weighted by molar-refractivity contribution is 6.31. The minimum absolute atomic E-state index is 0.0693. The number of hydrogen-bond donors (Lipinski definition) is 2. The summed E-state index contributed by atoms with van der Waals surface area (Å²) in [5, 5.41) is 12.2. The molecule has 0 fully saturated rings. The van der Waals surface area contributed by atoms with Crippen molar-refractivity contribution in [3.05, 3.63) is 23.2 Å². The number of carbonyl (C=O) groups is 1. The second-order valence-electron chi connectivity index (χ2n) is 3.99. The number of ether oxygens (including phenoxy) is 1. The smallest absolute Gasteiger partial charge is 0.322 e. The first kappa shape index (κ1) is 15.6. The third-order valence-electron chi connectivity index (χ3n) is 2.55. The molecule has 0 aliphatic carbocycles. The topological polar surface area (TPSA) is 61.8 Å². The summed E-state index contributed by atoms with van der Waals surface area (Å²) in [7, 11) is 1.52. The number of hydrogen-bond acceptors (Lipinski definition) is 3. The number of anilines is 1. The molecule has 0 aromatic heterocycles. The Morgan fingerprint density at radius 2 is 2.21 bits per heavy atom. The standard InChI is InChI=1S/C13H19ClN2O3/c1-3-6-16(7-8-17)13(18)15-11-9-10(14)4-5-12(11)19-2/h4-5,9,17H,3,6-8H2,1-2H3,(H,15,18). The molecule has 6 heteroatoms. The molecule has 0 saturated carbocycles. The van der Waals surface area contributed by atoms with E-state index in [1.807, 2.05) is 6.92 Å². The lowest BCUT2D eigenvalue weighted by molar-refractivity contribution is 0.188.